The molecule has 1 aromatic heterocycles. The summed E-state index contributed by atoms with van der Waals surface area (Å²) in [6.45, 7) is 2.04. The molecule has 3 fully saturated rings. The van der Waals surface area contributed by atoms with Crippen molar-refractivity contribution in [3.8, 4) is 0 Å². The number of carbonyl (C=O) groups is 3. The minimum absolute atomic E-state index is 0.111. The molecule has 38 heavy (non-hydrogen) atoms. The first-order chi connectivity index (χ1) is 18.4. The maximum absolute atomic E-state index is 13.9. The SMILES string of the molecule is CCOC(=O)c1ccc(N2C(=O)C3C4CC(C3C2=O)C2C(c3cccc(Br)c3)c3sc(=S)[nH]c3SC42)cc1. The summed E-state index contributed by atoms with van der Waals surface area (Å²) in [6, 6.07) is 15.0. The highest BCUT2D eigenvalue weighted by atomic mass is 79.9. The van der Waals surface area contributed by atoms with Crippen LogP contribution in [0, 0.1) is 33.5 Å². The summed E-state index contributed by atoms with van der Waals surface area (Å²) < 4.78 is 6.86. The van der Waals surface area contributed by atoms with Crippen LogP contribution in [0.1, 0.15) is 40.1 Å². The van der Waals surface area contributed by atoms with E-state index in [1.54, 1.807) is 42.5 Å². The monoisotopic (exact) mass is 626 g/mol. The molecule has 194 valence electrons. The Balaban J connectivity index is 1.25. The number of benzene rings is 2. The maximum atomic E-state index is 13.9. The molecule has 2 saturated carbocycles. The van der Waals surface area contributed by atoms with Gasteiger partial charge >= 0.3 is 5.97 Å². The van der Waals surface area contributed by atoms with Crippen molar-refractivity contribution < 1.29 is 19.1 Å². The molecule has 7 atom stereocenters. The van der Waals surface area contributed by atoms with Gasteiger partial charge in [0.1, 0.15) is 0 Å². The number of nitrogens with one attached hydrogen (secondary N) is 1. The highest BCUT2D eigenvalue weighted by Gasteiger charge is 2.69. The average molecular weight is 628 g/mol. The number of nitrogens with zero attached hydrogens (tertiary/aromatic N) is 1. The lowest BCUT2D eigenvalue weighted by atomic mass is 9.68. The van der Waals surface area contributed by atoms with E-state index in [9.17, 15) is 14.4 Å². The van der Waals surface area contributed by atoms with Crippen molar-refractivity contribution in [2.75, 3.05) is 11.5 Å². The van der Waals surface area contributed by atoms with Crippen LogP contribution in [-0.2, 0) is 14.3 Å². The quantitative estimate of drug-likeness (QED) is 0.204. The van der Waals surface area contributed by atoms with E-state index in [-0.39, 0.29) is 59.2 Å². The number of fused-ring (bicyclic) bond motifs is 9. The molecule has 10 heteroatoms. The van der Waals surface area contributed by atoms with E-state index in [4.69, 9.17) is 17.0 Å². The van der Waals surface area contributed by atoms with Gasteiger partial charge in [-0.05, 0) is 85.3 Å². The van der Waals surface area contributed by atoms with Crippen LogP contribution < -0.4 is 4.90 Å². The molecular weight excluding hydrogens is 604 g/mol. The van der Waals surface area contributed by atoms with Crippen LogP contribution in [0.3, 0.4) is 0 Å². The van der Waals surface area contributed by atoms with Gasteiger partial charge in [0.05, 0.1) is 34.7 Å². The van der Waals surface area contributed by atoms with Gasteiger partial charge in [-0.25, -0.2) is 4.79 Å². The number of thioether (sulfide) groups is 1. The van der Waals surface area contributed by atoms with E-state index in [0.29, 0.717) is 11.3 Å². The Morgan fingerprint density at radius 3 is 2.58 bits per heavy atom. The molecule has 1 saturated heterocycles. The molecule has 0 spiro atoms. The van der Waals surface area contributed by atoms with E-state index < -0.39 is 5.97 Å². The zero-order chi connectivity index (χ0) is 26.3. The molecule has 2 aliphatic heterocycles. The molecule has 3 aromatic rings. The van der Waals surface area contributed by atoms with Crippen LogP contribution in [0.25, 0.3) is 0 Å². The van der Waals surface area contributed by atoms with Gasteiger partial charge < -0.3 is 9.72 Å². The van der Waals surface area contributed by atoms with Crippen LogP contribution in [-0.4, -0.2) is 34.6 Å². The first-order valence-corrected chi connectivity index (χ1v) is 15.6. The van der Waals surface area contributed by atoms with Crippen LogP contribution in [0.2, 0.25) is 0 Å². The number of carbonyl (C=O) groups excluding carboxylic acids is 3. The number of ether oxygens (including phenoxy) is 1. The molecule has 7 unspecified atom stereocenters. The second-order valence-electron chi connectivity index (χ2n) is 10.3. The Kier molecular flexibility index (Phi) is 5.96. The molecule has 2 aliphatic carbocycles. The number of thiazole rings is 1. The third-order valence-corrected chi connectivity index (χ3v) is 12.0. The summed E-state index contributed by atoms with van der Waals surface area (Å²) >= 11 is 12.6. The third-order valence-electron chi connectivity index (χ3n) is 8.57. The van der Waals surface area contributed by atoms with Crippen molar-refractivity contribution in [2.45, 2.75) is 29.5 Å². The number of imide groups is 1. The number of anilines is 1. The number of aromatic amines is 1. The van der Waals surface area contributed by atoms with Gasteiger partial charge in [-0.2, -0.15) is 0 Å². The van der Waals surface area contributed by atoms with Gasteiger partial charge in [-0.1, -0.05) is 28.1 Å². The number of H-pyrrole nitrogens is 1. The highest BCUT2D eigenvalue weighted by molar-refractivity contribution is 9.10. The molecule has 2 bridgehead atoms. The number of amides is 2. The fourth-order valence-electron chi connectivity index (χ4n) is 7.31. The Hall–Kier alpha value is -2.27. The van der Waals surface area contributed by atoms with Crippen LogP contribution in [0.4, 0.5) is 5.69 Å². The number of aromatic nitrogens is 1. The first-order valence-electron chi connectivity index (χ1n) is 12.7. The summed E-state index contributed by atoms with van der Waals surface area (Å²) in [6.07, 6.45) is 0.894. The second kappa shape index (κ2) is 9.15. The zero-order valence-electron chi connectivity index (χ0n) is 20.3. The van der Waals surface area contributed by atoms with Gasteiger partial charge in [0.25, 0.3) is 0 Å². The molecule has 4 aliphatic rings. The summed E-state index contributed by atoms with van der Waals surface area (Å²) in [5.74, 6) is -0.640. The van der Waals surface area contributed by atoms with Crippen molar-refractivity contribution in [1.29, 1.82) is 0 Å². The summed E-state index contributed by atoms with van der Waals surface area (Å²) in [5, 5.41) is 1.35. The van der Waals surface area contributed by atoms with Gasteiger partial charge in [0.15, 0.2) is 3.95 Å². The molecule has 2 amide bonds. The van der Waals surface area contributed by atoms with E-state index in [1.807, 2.05) is 17.8 Å². The first kappa shape index (κ1) is 24.7. The largest absolute Gasteiger partial charge is 0.462 e. The average Bonchev–Trinajstić information content (AvgIpc) is 3.63. The number of hydrogen-bond acceptors (Lipinski definition) is 7. The van der Waals surface area contributed by atoms with E-state index in [1.165, 1.54) is 15.3 Å². The molecule has 2 aromatic carbocycles. The van der Waals surface area contributed by atoms with Crippen molar-refractivity contribution >= 4 is 74.7 Å². The summed E-state index contributed by atoms with van der Waals surface area (Å²) in [4.78, 5) is 45.8. The smallest absolute Gasteiger partial charge is 0.338 e. The fraction of sp³-hybridized carbons (Fsp3) is 0.357. The third kappa shape index (κ3) is 3.56. The predicted molar refractivity (Wildman–Crippen MR) is 152 cm³/mol. The number of hydrogen-bond donors (Lipinski definition) is 1. The van der Waals surface area contributed by atoms with Crippen molar-refractivity contribution in [1.82, 2.24) is 4.98 Å². The van der Waals surface area contributed by atoms with Gasteiger partial charge in [-0.15, -0.1) is 23.1 Å². The summed E-state index contributed by atoms with van der Waals surface area (Å²) in [5.41, 5.74) is 2.13. The second-order valence-corrected chi connectivity index (χ2v) is 14.1. The predicted octanol–water partition coefficient (Wildman–Crippen LogP) is 6.42. The molecule has 3 heterocycles. The van der Waals surface area contributed by atoms with E-state index >= 15 is 0 Å². The number of halogens is 1. The number of rotatable bonds is 4. The van der Waals surface area contributed by atoms with Gasteiger partial charge in [-0.3, -0.25) is 14.5 Å². The standard InChI is InChI=1S/C28H23BrN2O4S3/c1-2-35-27(34)12-6-8-15(9-7-12)31-25(32)20-16-11-17(21(20)26(31)33)22-19(16)18(13-4-3-5-14(29)10-13)23-24(37-22)30-28(36)38-23/h3-10,16-22H,2,11H2,1H3,(H,30,36). The lowest BCUT2D eigenvalue weighted by Crippen LogP contribution is -2.42. The van der Waals surface area contributed by atoms with Crippen molar-refractivity contribution in [3.05, 3.63) is 73.0 Å². The molecular formula is C28H23BrN2O4S3. The Labute approximate surface area is 241 Å². The topological polar surface area (TPSA) is 79.5 Å². The minimum Gasteiger partial charge on any atom is -0.462 e. The van der Waals surface area contributed by atoms with Crippen LogP contribution in [0.5, 0.6) is 0 Å². The van der Waals surface area contributed by atoms with Crippen LogP contribution >= 0.6 is 51.2 Å². The normalized spacial score (nSPS) is 30.8. The zero-order valence-corrected chi connectivity index (χ0v) is 24.3. The summed E-state index contributed by atoms with van der Waals surface area (Å²) in [7, 11) is 0. The Morgan fingerprint density at radius 2 is 1.87 bits per heavy atom. The van der Waals surface area contributed by atoms with Gasteiger partial charge in [0.2, 0.25) is 11.8 Å². The molecule has 6 nitrogen and oxygen atoms in total. The lowest BCUT2D eigenvalue weighted by molar-refractivity contribution is -0.123. The van der Waals surface area contributed by atoms with E-state index in [2.05, 4.69) is 39.1 Å². The maximum Gasteiger partial charge on any atom is 0.338 e. The van der Waals surface area contributed by atoms with E-state index in [0.717, 1.165) is 19.9 Å². The Morgan fingerprint density at radius 1 is 1.13 bits per heavy atom. The fourth-order valence-corrected chi connectivity index (χ4v) is 11.1. The van der Waals surface area contributed by atoms with Crippen molar-refractivity contribution in [3.63, 3.8) is 0 Å². The number of esters is 1. The molecule has 0 radical (unpaired) electrons. The Bertz CT molecular complexity index is 1550. The van der Waals surface area contributed by atoms with Crippen LogP contribution in [0.15, 0.2) is 58.0 Å². The van der Waals surface area contributed by atoms with Gasteiger partial charge in [0, 0.05) is 20.5 Å². The lowest BCUT2D eigenvalue weighted by Gasteiger charge is -2.43. The highest BCUT2D eigenvalue weighted by Crippen LogP contribution is 2.69. The minimum atomic E-state index is -0.417. The molecule has 1 N–H and O–H groups in total. The van der Waals surface area contributed by atoms with Crippen molar-refractivity contribution in [2.24, 2.45) is 29.6 Å². The molecule has 7 rings (SSSR count).